The molecule has 2 heterocycles. The van der Waals surface area contributed by atoms with Gasteiger partial charge in [0.25, 0.3) is 0 Å². The number of rotatable bonds is 5. The molecule has 0 aromatic carbocycles. The van der Waals surface area contributed by atoms with Gasteiger partial charge in [0.15, 0.2) is 0 Å². The molecule has 7 heteroatoms. The average Bonchev–Trinajstić information content (AvgIpc) is 2.49. The van der Waals surface area contributed by atoms with Crippen LogP contribution in [0.4, 0.5) is 0 Å². The molecule has 1 unspecified atom stereocenters. The van der Waals surface area contributed by atoms with Crippen molar-refractivity contribution in [2.75, 3.05) is 21.3 Å². The molecule has 2 aromatic rings. The Morgan fingerprint density at radius 3 is 2.58 bits per heavy atom. The molecule has 100 valence electrons. The molecule has 0 fully saturated rings. The molecule has 0 aliphatic rings. The van der Waals surface area contributed by atoms with Crippen molar-refractivity contribution in [3.05, 3.63) is 35.9 Å². The van der Waals surface area contributed by atoms with Crippen LogP contribution in [-0.2, 0) is 0 Å². The fraction of sp³-hybridized carbons (Fsp3) is 0.333. The molecule has 19 heavy (non-hydrogen) atoms. The Hall–Kier alpha value is -2.28. The molecule has 0 aliphatic carbocycles. The normalized spacial score (nSPS) is 11.9. The van der Waals surface area contributed by atoms with Crippen LogP contribution in [0, 0.1) is 0 Å². The highest BCUT2D eigenvalue weighted by Gasteiger charge is 2.20. The molecule has 0 bridgehead atoms. The Bertz CT molecular complexity index is 535. The van der Waals surface area contributed by atoms with Crippen LogP contribution in [0.3, 0.4) is 0 Å². The van der Waals surface area contributed by atoms with Gasteiger partial charge < -0.3 is 14.8 Å². The van der Waals surface area contributed by atoms with E-state index in [0.717, 1.165) is 5.56 Å². The maximum Gasteiger partial charge on any atom is 0.240 e. The third-order valence-corrected chi connectivity index (χ3v) is 2.65. The first-order valence-corrected chi connectivity index (χ1v) is 5.69. The van der Waals surface area contributed by atoms with Crippen LogP contribution in [-0.4, -0.2) is 41.4 Å². The molecule has 1 N–H and O–H groups in total. The first kappa shape index (κ1) is 13.2. The second-order valence-corrected chi connectivity index (χ2v) is 3.70. The molecule has 0 aliphatic heterocycles. The number of nitrogens with zero attached hydrogens (tertiary/aromatic N) is 4. The minimum Gasteiger partial charge on any atom is -0.480 e. The van der Waals surface area contributed by atoms with Gasteiger partial charge in [-0.25, -0.2) is 4.98 Å². The smallest absolute Gasteiger partial charge is 0.240 e. The van der Waals surface area contributed by atoms with Crippen molar-refractivity contribution in [1.82, 2.24) is 25.5 Å². The zero-order chi connectivity index (χ0) is 13.7. The lowest BCUT2D eigenvalue weighted by Crippen LogP contribution is -2.20. The van der Waals surface area contributed by atoms with E-state index in [1.165, 1.54) is 7.11 Å². The van der Waals surface area contributed by atoms with Gasteiger partial charge in [-0.15, -0.1) is 0 Å². The standard InChI is InChI=1S/C12H15N5O2/c1-13-10(8-4-5-15-16-6-8)11-12(19-3)17-9(18-2)7-14-11/h4-7,10,13H,1-3H3. The van der Waals surface area contributed by atoms with Crippen LogP contribution in [0.5, 0.6) is 11.8 Å². The quantitative estimate of drug-likeness (QED) is 0.843. The van der Waals surface area contributed by atoms with Crippen LogP contribution in [0.1, 0.15) is 17.3 Å². The SMILES string of the molecule is CNC(c1ccnnc1)c1ncc(OC)nc1OC. The van der Waals surface area contributed by atoms with E-state index >= 15 is 0 Å². The Morgan fingerprint density at radius 1 is 1.16 bits per heavy atom. The number of hydrogen-bond acceptors (Lipinski definition) is 7. The van der Waals surface area contributed by atoms with E-state index in [2.05, 4.69) is 25.5 Å². The van der Waals surface area contributed by atoms with E-state index in [1.54, 1.807) is 25.7 Å². The van der Waals surface area contributed by atoms with Crippen molar-refractivity contribution >= 4 is 0 Å². The first-order valence-electron chi connectivity index (χ1n) is 5.69. The summed E-state index contributed by atoms with van der Waals surface area (Å²) in [6.45, 7) is 0. The summed E-state index contributed by atoms with van der Waals surface area (Å²) >= 11 is 0. The lowest BCUT2D eigenvalue weighted by atomic mass is 10.1. The fourth-order valence-corrected chi connectivity index (χ4v) is 1.75. The first-order chi connectivity index (χ1) is 9.30. The minimum atomic E-state index is -0.177. The van der Waals surface area contributed by atoms with Crippen molar-refractivity contribution in [3.63, 3.8) is 0 Å². The van der Waals surface area contributed by atoms with Crippen molar-refractivity contribution < 1.29 is 9.47 Å². The van der Waals surface area contributed by atoms with E-state index in [1.807, 2.05) is 13.1 Å². The number of aromatic nitrogens is 4. The van der Waals surface area contributed by atoms with Gasteiger partial charge in [0.05, 0.1) is 32.7 Å². The summed E-state index contributed by atoms with van der Waals surface area (Å²) in [4.78, 5) is 8.57. The van der Waals surface area contributed by atoms with Crippen LogP contribution in [0.25, 0.3) is 0 Å². The highest BCUT2D eigenvalue weighted by atomic mass is 16.5. The van der Waals surface area contributed by atoms with Crippen LogP contribution in [0.2, 0.25) is 0 Å². The molecule has 2 rings (SSSR count). The van der Waals surface area contributed by atoms with Crippen LogP contribution >= 0.6 is 0 Å². The zero-order valence-electron chi connectivity index (χ0n) is 11.0. The Labute approximate surface area is 111 Å². The molecule has 0 saturated carbocycles. The van der Waals surface area contributed by atoms with Gasteiger partial charge in [-0.05, 0) is 18.7 Å². The van der Waals surface area contributed by atoms with Gasteiger partial charge >= 0.3 is 0 Å². The Balaban J connectivity index is 2.43. The lowest BCUT2D eigenvalue weighted by molar-refractivity contribution is 0.353. The van der Waals surface area contributed by atoms with Gasteiger partial charge in [-0.1, -0.05) is 0 Å². The average molecular weight is 261 g/mol. The van der Waals surface area contributed by atoms with E-state index in [9.17, 15) is 0 Å². The Morgan fingerprint density at radius 2 is 2.00 bits per heavy atom. The predicted octanol–water partition coefficient (Wildman–Crippen LogP) is 0.593. The summed E-state index contributed by atoms with van der Waals surface area (Å²) in [7, 11) is 4.91. The van der Waals surface area contributed by atoms with Crippen molar-refractivity contribution in [2.45, 2.75) is 6.04 Å². The van der Waals surface area contributed by atoms with Crippen molar-refractivity contribution in [1.29, 1.82) is 0 Å². The summed E-state index contributed by atoms with van der Waals surface area (Å²) in [5, 5.41) is 10.8. The zero-order valence-corrected chi connectivity index (χ0v) is 11.0. The van der Waals surface area contributed by atoms with Crippen LogP contribution < -0.4 is 14.8 Å². The maximum absolute atomic E-state index is 5.26. The fourth-order valence-electron chi connectivity index (χ4n) is 1.75. The number of nitrogens with one attached hydrogen (secondary N) is 1. The molecule has 0 amide bonds. The molecular weight excluding hydrogens is 246 g/mol. The molecule has 0 saturated heterocycles. The van der Waals surface area contributed by atoms with Gasteiger partial charge in [-0.3, -0.25) is 0 Å². The van der Waals surface area contributed by atoms with Gasteiger partial charge in [0.2, 0.25) is 11.8 Å². The van der Waals surface area contributed by atoms with Gasteiger partial charge in [-0.2, -0.15) is 15.2 Å². The third kappa shape index (κ3) is 2.76. The molecule has 1 atom stereocenters. The largest absolute Gasteiger partial charge is 0.480 e. The monoisotopic (exact) mass is 261 g/mol. The summed E-state index contributed by atoms with van der Waals surface area (Å²) in [5.74, 6) is 0.818. The summed E-state index contributed by atoms with van der Waals surface area (Å²) in [6, 6.07) is 1.68. The highest BCUT2D eigenvalue weighted by molar-refractivity contribution is 5.32. The van der Waals surface area contributed by atoms with Crippen molar-refractivity contribution in [3.8, 4) is 11.8 Å². The second-order valence-electron chi connectivity index (χ2n) is 3.70. The molecule has 0 spiro atoms. The van der Waals surface area contributed by atoms with Crippen LogP contribution in [0.15, 0.2) is 24.7 Å². The summed E-state index contributed by atoms with van der Waals surface area (Å²) < 4.78 is 10.3. The van der Waals surface area contributed by atoms with E-state index in [4.69, 9.17) is 9.47 Å². The summed E-state index contributed by atoms with van der Waals surface area (Å²) in [6.07, 6.45) is 4.85. The molecular formula is C12H15N5O2. The molecule has 7 nitrogen and oxygen atoms in total. The third-order valence-electron chi connectivity index (χ3n) is 2.65. The topological polar surface area (TPSA) is 82.1 Å². The Kier molecular flexibility index (Phi) is 4.19. The van der Waals surface area contributed by atoms with E-state index in [0.29, 0.717) is 17.5 Å². The second kappa shape index (κ2) is 6.05. The number of ether oxygens (including phenoxy) is 2. The van der Waals surface area contributed by atoms with Crippen molar-refractivity contribution in [2.24, 2.45) is 0 Å². The number of methoxy groups -OCH3 is 2. The van der Waals surface area contributed by atoms with E-state index < -0.39 is 0 Å². The molecule has 2 aromatic heterocycles. The minimum absolute atomic E-state index is 0.177. The lowest BCUT2D eigenvalue weighted by Gasteiger charge is -2.17. The number of hydrogen-bond donors (Lipinski definition) is 1. The van der Waals surface area contributed by atoms with Gasteiger partial charge in [0, 0.05) is 6.20 Å². The highest BCUT2D eigenvalue weighted by Crippen LogP contribution is 2.27. The van der Waals surface area contributed by atoms with Gasteiger partial charge in [0.1, 0.15) is 5.69 Å². The maximum atomic E-state index is 5.26. The van der Waals surface area contributed by atoms with E-state index in [-0.39, 0.29) is 6.04 Å². The molecule has 0 radical (unpaired) electrons. The predicted molar refractivity (Wildman–Crippen MR) is 68.1 cm³/mol. The summed E-state index contributed by atoms with van der Waals surface area (Å²) in [5.41, 5.74) is 1.59.